The van der Waals surface area contributed by atoms with E-state index in [0.29, 0.717) is 37.8 Å². The van der Waals surface area contributed by atoms with Crippen LogP contribution in [0.25, 0.3) is 11.1 Å². The van der Waals surface area contributed by atoms with Crippen LogP contribution < -0.4 is 19.5 Å². The summed E-state index contributed by atoms with van der Waals surface area (Å²) in [5, 5.41) is 13.3. The van der Waals surface area contributed by atoms with Gasteiger partial charge in [0.1, 0.15) is 18.1 Å². The van der Waals surface area contributed by atoms with Crippen molar-refractivity contribution in [2.75, 3.05) is 32.6 Å². The number of halogens is 1. The third-order valence-electron chi connectivity index (χ3n) is 5.06. The molecular formula is C26H31ClN2O6S. The van der Waals surface area contributed by atoms with Gasteiger partial charge in [-0.15, -0.1) is 12.4 Å². The first-order chi connectivity index (χ1) is 16.8. The van der Waals surface area contributed by atoms with E-state index in [1.165, 1.54) is 0 Å². The number of rotatable bonds is 12. The first-order valence-corrected chi connectivity index (χ1v) is 13.1. The van der Waals surface area contributed by atoms with Gasteiger partial charge >= 0.3 is 0 Å². The van der Waals surface area contributed by atoms with E-state index in [1.807, 2.05) is 59.3 Å². The minimum absolute atomic E-state index is 0. The number of carbonyl (C=O) groups is 1. The van der Waals surface area contributed by atoms with Crippen LogP contribution in [-0.4, -0.2) is 52.0 Å². The number of hydrogen-bond acceptors (Lipinski definition) is 7. The number of carbonyl (C=O) groups excluding carboxylic acids is 1. The highest BCUT2D eigenvalue weighted by atomic mass is 35.5. The van der Waals surface area contributed by atoms with Gasteiger partial charge in [-0.25, -0.2) is 13.1 Å². The highest BCUT2D eigenvalue weighted by molar-refractivity contribution is 7.89. The standard InChI is InChI=1S/C26H30N2O6S.ClH/c1-3-33-25-17-21(11-14-23(25)26(30)28-35(2,31)32)19-9-12-22(13-10-19)34-16-15-27-18-24(29)20-7-5-4-6-8-20;/h4-14,17,24,27,29H,3,15-16,18H2,1-2H3,(H,28,30);1H/t24-;/m0./s1. The van der Waals surface area contributed by atoms with Gasteiger partial charge < -0.3 is 19.9 Å². The Labute approximate surface area is 218 Å². The van der Waals surface area contributed by atoms with Crippen molar-refractivity contribution in [2.45, 2.75) is 13.0 Å². The first-order valence-electron chi connectivity index (χ1n) is 11.2. The van der Waals surface area contributed by atoms with E-state index in [9.17, 15) is 18.3 Å². The lowest BCUT2D eigenvalue weighted by atomic mass is 10.0. The second-order valence-electron chi connectivity index (χ2n) is 7.85. The summed E-state index contributed by atoms with van der Waals surface area (Å²) in [4.78, 5) is 12.3. The summed E-state index contributed by atoms with van der Waals surface area (Å²) in [7, 11) is -3.68. The molecule has 3 rings (SSSR count). The maximum Gasteiger partial charge on any atom is 0.268 e. The summed E-state index contributed by atoms with van der Waals surface area (Å²) in [5.41, 5.74) is 2.71. The van der Waals surface area contributed by atoms with Gasteiger partial charge in [-0.3, -0.25) is 4.79 Å². The predicted octanol–water partition coefficient (Wildman–Crippen LogP) is 3.57. The summed E-state index contributed by atoms with van der Waals surface area (Å²) in [6.45, 7) is 3.58. The van der Waals surface area contributed by atoms with E-state index >= 15 is 0 Å². The van der Waals surface area contributed by atoms with Crippen molar-refractivity contribution in [3.8, 4) is 22.6 Å². The van der Waals surface area contributed by atoms with E-state index in [0.717, 1.165) is 22.9 Å². The third kappa shape index (κ3) is 8.83. The zero-order valence-corrected chi connectivity index (χ0v) is 21.8. The Kier molecular flexibility index (Phi) is 11.2. The van der Waals surface area contributed by atoms with Gasteiger partial charge in [0.2, 0.25) is 10.0 Å². The highest BCUT2D eigenvalue weighted by Gasteiger charge is 2.17. The lowest BCUT2D eigenvalue weighted by molar-refractivity contribution is 0.0978. The Balaban J connectivity index is 0.00000456. The molecule has 0 aliphatic heterocycles. The van der Waals surface area contributed by atoms with Gasteiger partial charge in [-0.1, -0.05) is 48.5 Å². The van der Waals surface area contributed by atoms with E-state index in [2.05, 4.69) is 5.32 Å². The minimum atomic E-state index is -3.68. The minimum Gasteiger partial charge on any atom is -0.493 e. The van der Waals surface area contributed by atoms with Crippen LogP contribution >= 0.6 is 12.4 Å². The average molecular weight is 535 g/mol. The quantitative estimate of drug-likeness (QED) is 0.304. The number of sulfonamides is 1. The zero-order chi connectivity index (χ0) is 25.3. The van der Waals surface area contributed by atoms with Crippen molar-refractivity contribution in [3.63, 3.8) is 0 Å². The number of ether oxygens (including phenoxy) is 2. The van der Waals surface area contributed by atoms with E-state index in [1.54, 1.807) is 25.1 Å². The van der Waals surface area contributed by atoms with Gasteiger partial charge in [0, 0.05) is 13.1 Å². The van der Waals surface area contributed by atoms with Crippen molar-refractivity contribution in [1.82, 2.24) is 10.0 Å². The van der Waals surface area contributed by atoms with E-state index < -0.39 is 22.0 Å². The second kappa shape index (κ2) is 13.8. The smallest absolute Gasteiger partial charge is 0.268 e. The predicted molar refractivity (Wildman–Crippen MR) is 142 cm³/mol. The number of aliphatic hydroxyl groups is 1. The van der Waals surface area contributed by atoms with Crippen LogP contribution in [0.15, 0.2) is 72.8 Å². The maximum atomic E-state index is 12.3. The Morgan fingerprint density at radius 3 is 2.28 bits per heavy atom. The molecule has 0 bridgehead atoms. The molecule has 10 heteroatoms. The largest absolute Gasteiger partial charge is 0.493 e. The number of benzene rings is 3. The molecule has 0 aromatic heterocycles. The lowest BCUT2D eigenvalue weighted by Crippen LogP contribution is -2.29. The summed E-state index contributed by atoms with van der Waals surface area (Å²) in [6.07, 6.45) is 0.355. The topological polar surface area (TPSA) is 114 Å². The molecule has 1 amide bonds. The highest BCUT2D eigenvalue weighted by Crippen LogP contribution is 2.29. The number of amides is 1. The number of aliphatic hydroxyl groups excluding tert-OH is 1. The van der Waals surface area contributed by atoms with Crippen molar-refractivity contribution in [3.05, 3.63) is 83.9 Å². The van der Waals surface area contributed by atoms with Crippen LogP contribution in [0.3, 0.4) is 0 Å². The van der Waals surface area contributed by atoms with Gasteiger partial charge in [0.25, 0.3) is 5.91 Å². The molecular weight excluding hydrogens is 504 g/mol. The lowest BCUT2D eigenvalue weighted by Gasteiger charge is -2.13. The molecule has 8 nitrogen and oxygen atoms in total. The Hall–Kier alpha value is -3.11. The Morgan fingerprint density at radius 2 is 1.64 bits per heavy atom. The SMILES string of the molecule is CCOc1cc(-c2ccc(OCCNC[C@H](O)c3ccccc3)cc2)ccc1C(=O)NS(C)(=O)=O.Cl. The van der Waals surface area contributed by atoms with E-state index in [-0.39, 0.29) is 18.0 Å². The van der Waals surface area contributed by atoms with E-state index in [4.69, 9.17) is 9.47 Å². The molecule has 0 heterocycles. The Bertz CT molecular complexity index is 1220. The number of hydrogen-bond donors (Lipinski definition) is 3. The molecule has 194 valence electrons. The van der Waals surface area contributed by atoms with Crippen molar-refractivity contribution < 1.29 is 27.8 Å². The van der Waals surface area contributed by atoms with Crippen molar-refractivity contribution >= 4 is 28.3 Å². The molecule has 0 aliphatic rings. The molecule has 0 saturated carbocycles. The van der Waals surface area contributed by atoms with Gasteiger partial charge in [0.05, 0.1) is 24.5 Å². The van der Waals surface area contributed by atoms with Crippen LogP contribution in [-0.2, 0) is 10.0 Å². The Morgan fingerprint density at radius 1 is 0.972 bits per heavy atom. The maximum absolute atomic E-state index is 12.3. The van der Waals surface area contributed by atoms with Crippen LogP contribution in [0.4, 0.5) is 0 Å². The van der Waals surface area contributed by atoms with Crippen LogP contribution in [0.5, 0.6) is 11.5 Å². The fourth-order valence-corrected chi connectivity index (χ4v) is 3.85. The summed E-state index contributed by atoms with van der Waals surface area (Å²) >= 11 is 0. The van der Waals surface area contributed by atoms with Crippen LogP contribution in [0.2, 0.25) is 0 Å². The average Bonchev–Trinajstić information content (AvgIpc) is 2.84. The molecule has 3 aromatic rings. The molecule has 36 heavy (non-hydrogen) atoms. The third-order valence-corrected chi connectivity index (χ3v) is 5.62. The molecule has 0 fully saturated rings. The first kappa shape index (κ1) is 29.1. The van der Waals surface area contributed by atoms with Crippen molar-refractivity contribution in [1.29, 1.82) is 0 Å². The van der Waals surface area contributed by atoms with Crippen molar-refractivity contribution in [2.24, 2.45) is 0 Å². The summed E-state index contributed by atoms with van der Waals surface area (Å²) in [5.74, 6) is 0.264. The van der Waals surface area contributed by atoms with Gasteiger partial charge in [-0.2, -0.15) is 0 Å². The molecule has 0 aliphatic carbocycles. The molecule has 3 N–H and O–H groups in total. The number of nitrogens with one attached hydrogen (secondary N) is 2. The molecule has 0 spiro atoms. The normalized spacial score (nSPS) is 11.8. The van der Waals surface area contributed by atoms with Crippen LogP contribution in [0.1, 0.15) is 28.9 Å². The molecule has 1 atom stereocenters. The fraction of sp³-hybridized carbons (Fsp3) is 0.269. The summed E-state index contributed by atoms with van der Waals surface area (Å²) in [6, 6.07) is 21.9. The summed E-state index contributed by atoms with van der Waals surface area (Å²) < 4.78 is 36.1. The molecule has 0 unspecified atom stereocenters. The monoisotopic (exact) mass is 534 g/mol. The van der Waals surface area contributed by atoms with Gasteiger partial charge in [0.15, 0.2) is 0 Å². The molecule has 0 radical (unpaired) electrons. The molecule has 0 saturated heterocycles. The molecule has 3 aromatic carbocycles. The van der Waals surface area contributed by atoms with Crippen LogP contribution in [0, 0.1) is 0 Å². The van der Waals surface area contributed by atoms with Gasteiger partial charge in [-0.05, 0) is 47.9 Å². The fourth-order valence-electron chi connectivity index (χ4n) is 3.40. The second-order valence-corrected chi connectivity index (χ2v) is 9.60. The zero-order valence-electron chi connectivity index (χ0n) is 20.1.